The fourth-order valence-electron chi connectivity index (χ4n) is 2.85. The van der Waals surface area contributed by atoms with Gasteiger partial charge in [-0.2, -0.15) is 0 Å². The van der Waals surface area contributed by atoms with Crippen molar-refractivity contribution in [3.8, 4) is 5.75 Å². The molecule has 0 aliphatic carbocycles. The Balaban J connectivity index is 1.73. The van der Waals surface area contributed by atoms with Gasteiger partial charge in [0.2, 0.25) is 11.8 Å². The number of amidine groups is 1. The lowest BCUT2D eigenvalue weighted by Crippen LogP contribution is -2.45. The quantitative estimate of drug-likeness (QED) is 0.548. The average molecular weight is 458 g/mol. The Morgan fingerprint density at radius 1 is 1.29 bits per heavy atom. The van der Waals surface area contributed by atoms with E-state index in [0.29, 0.717) is 34.7 Å². The zero-order chi connectivity index (χ0) is 22.2. The molecule has 2 aromatic carbocycles. The van der Waals surface area contributed by atoms with E-state index in [1.54, 1.807) is 42.5 Å². The summed E-state index contributed by atoms with van der Waals surface area (Å²) in [6, 6.07) is 14.2. The van der Waals surface area contributed by atoms with Crippen LogP contribution in [0.3, 0.4) is 0 Å². The van der Waals surface area contributed by atoms with E-state index in [9.17, 15) is 9.59 Å². The third-order valence-electron chi connectivity index (χ3n) is 4.39. The molecule has 1 saturated heterocycles. The van der Waals surface area contributed by atoms with Gasteiger partial charge in [0.1, 0.15) is 11.0 Å². The maximum Gasteiger partial charge on any atom is 0.238 e. The average Bonchev–Trinajstić information content (AvgIpc) is 2.77. The second-order valence-electron chi connectivity index (χ2n) is 6.84. The van der Waals surface area contributed by atoms with Crippen molar-refractivity contribution < 1.29 is 14.3 Å². The first-order valence-electron chi connectivity index (χ1n) is 9.96. The number of hydrogen-bond acceptors (Lipinski definition) is 5. The van der Waals surface area contributed by atoms with Crippen LogP contribution in [-0.2, 0) is 9.59 Å². The van der Waals surface area contributed by atoms with Gasteiger partial charge in [-0.3, -0.25) is 14.5 Å². The molecular formula is C23H24ClN3O3S. The number of carbonyl (C=O) groups excluding carboxylic acids is 2. The van der Waals surface area contributed by atoms with Crippen LogP contribution < -0.4 is 10.1 Å². The van der Waals surface area contributed by atoms with Crippen molar-refractivity contribution in [3.63, 3.8) is 0 Å². The molecule has 1 atom stereocenters. The Labute approximate surface area is 191 Å². The summed E-state index contributed by atoms with van der Waals surface area (Å²) in [4.78, 5) is 31.7. The SMILES string of the molecule is C=CCN1C(=O)CC(C(=O)Nc2ccc(OCCC)cc2)SC1=Nc1ccc(Cl)cc1. The van der Waals surface area contributed by atoms with Crippen molar-refractivity contribution in [2.45, 2.75) is 25.0 Å². The van der Waals surface area contributed by atoms with E-state index in [4.69, 9.17) is 16.3 Å². The van der Waals surface area contributed by atoms with Crippen molar-refractivity contribution in [2.24, 2.45) is 4.99 Å². The van der Waals surface area contributed by atoms with Gasteiger partial charge < -0.3 is 10.1 Å². The van der Waals surface area contributed by atoms with E-state index in [2.05, 4.69) is 16.9 Å². The minimum atomic E-state index is -0.587. The summed E-state index contributed by atoms with van der Waals surface area (Å²) >= 11 is 7.20. The monoisotopic (exact) mass is 457 g/mol. The highest BCUT2D eigenvalue weighted by Crippen LogP contribution is 2.30. The molecule has 0 bridgehead atoms. The molecule has 6 nitrogen and oxygen atoms in total. The number of halogens is 1. The number of carbonyl (C=O) groups is 2. The van der Waals surface area contributed by atoms with Gasteiger partial charge in [0.25, 0.3) is 0 Å². The lowest BCUT2D eigenvalue weighted by Gasteiger charge is -2.31. The van der Waals surface area contributed by atoms with Crippen molar-refractivity contribution in [1.29, 1.82) is 0 Å². The molecule has 1 fully saturated rings. The predicted octanol–water partition coefficient (Wildman–Crippen LogP) is 5.28. The van der Waals surface area contributed by atoms with Gasteiger partial charge in [0.15, 0.2) is 5.17 Å². The lowest BCUT2D eigenvalue weighted by molar-refractivity contribution is -0.129. The Kier molecular flexibility index (Phi) is 8.14. The van der Waals surface area contributed by atoms with Gasteiger partial charge in [-0.1, -0.05) is 36.4 Å². The molecule has 0 radical (unpaired) electrons. The van der Waals surface area contributed by atoms with Crippen molar-refractivity contribution in [1.82, 2.24) is 4.90 Å². The van der Waals surface area contributed by atoms with E-state index in [0.717, 1.165) is 12.2 Å². The number of anilines is 1. The van der Waals surface area contributed by atoms with Crippen LogP contribution in [-0.4, -0.2) is 40.3 Å². The summed E-state index contributed by atoms with van der Waals surface area (Å²) in [5.41, 5.74) is 1.30. The smallest absolute Gasteiger partial charge is 0.238 e. The largest absolute Gasteiger partial charge is 0.494 e. The first kappa shape index (κ1) is 22.9. The highest BCUT2D eigenvalue weighted by molar-refractivity contribution is 8.15. The standard InChI is InChI=1S/C23H24ClN3O3S/c1-3-13-27-21(28)15-20(31-23(27)26-18-7-5-16(24)6-8-18)22(29)25-17-9-11-19(12-10-17)30-14-4-2/h3,5-12,20H,1,4,13-15H2,2H3,(H,25,29). The van der Waals surface area contributed by atoms with Crippen molar-refractivity contribution in [2.75, 3.05) is 18.5 Å². The summed E-state index contributed by atoms with van der Waals surface area (Å²) in [6.07, 6.45) is 2.65. The van der Waals surface area contributed by atoms with Gasteiger partial charge in [-0.05, 0) is 55.0 Å². The molecule has 1 unspecified atom stereocenters. The van der Waals surface area contributed by atoms with Crippen LogP contribution in [0.15, 0.2) is 66.2 Å². The Bertz CT molecular complexity index is 961. The zero-order valence-electron chi connectivity index (χ0n) is 17.2. The number of benzene rings is 2. The number of rotatable bonds is 8. The minimum absolute atomic E-state index is 0.0850. The van der Waals surface area contributed by atoms with E-state index in [1.807, 2.05) is 19.1 Å². The number of hydrogen-bond donors (Lipinski definition) is 1. The molecular weight excluding hydrogens is 434 g/mol. The molecule has 8 heteroatoms. The molecule has 1 heterocycles. The molecule has 1 aliphatic heterocycles. The van der Waals surface area contributed by atoms with E-state index >= 15 is 0 Å². The predicted molar refractivity (Wildman–Crippen MR) is 127 cm³/mol. The molecule has 0 saturated carbocycles. The van der Waals surface area contributed by atoms with E-state index < -0.39 is 5.25 Å². The highest BCUT2D eigenvalue weighted by Gasteiger charge is 2.35. The fourth-order valence-corrected chi connectivity index (χ4v) is 4.09. The van der Waals surface area contributed by atoms with Gasteiger partial charge in [-0.15, -0.1) is 6.58 Å². The third kappa shape index (κ3) is 6.35. The molecule has 162 valence electrons. The number of nitrogens with one attached hydrogen (secondary N) is 1. The highest BCUT2D eigenvalue weighted by atomic mass is 35.5. The van der Waals surface area contributed by atoms with Gasteiger partial charge in [0, 0.05) is 23.7 Å². The maximum absolute atomic E-state index is 12.9. The molecule has 2 aromatic rings. The maximum atomic E-state index is 12.9. The number of nitrogens with zero attached hydrogens (tertiary/aromatic N) is 2. The van der Waals surface area contributed by atoms with E-state index in [-0.39, 0.29) is 18.2 Å². The molecule has 0 aromatic heterocycles. The number of thioether (sulfide) groups is 1. The van der Waals surface area contributed by atoms with Gasteiger partial charge >= 0.3 is 0 Å². The number of ether oxygens (including phenoxy) is 1. The van der Waals surface area contributed by atoms with Crippen LogP contribution in [0.2, 0.25) is 5.02 Å². The summed E-state index contributed by atoms with van der Waals surface area (Å²) in [5, 5.41) is 3.35. The van der Waals surface area contributed by atoms with Crippen LogP contribution in [0.1, 0.15) is 19.8 Å². The second kappa shape index (κ2) is 11.0. The number of amides is 2. The normalized spacial score (nSPS) is 17.5. The molecule has 3 rings (SSSR count). The minimum Gasteiger partial charge on any atom is -0.494 e. The molecule has 0 spiro atoms. The summed E-state index contributed by atoms with van der Waals surface area (Å²) in [7, 11) is 0. The van der Waals surface area contributed by atoms with Crippen LogP contribution in [0.25, 0.3) is 0 Å². The summed E-state index contributed by atoms with van der Waals surface area (Å²) in [6.45, 7) is 6.72. The molecule has 2 amide bonds. The van der Waals surface area contributed by atoms with Crippen LogP contribution in [0.5, 0.6) is 5.75 Å². The van der Waals surface area contributed by atoms with Gasteiger partial charge in [-0.25, -0.2) is 4.99 Å². The Morgan fingerprint density at radius 2 is 2.00 bits per heavy atom. The topological polar surface area (TPSA) is 71.0 Å². The van der Waals surface area contributed by atoms with E-state index in [1.165, 1.54) is 16.7 Å². The lowest BCUT2D eigenvalue weighted by atomic mass is 10.2. The molecule has 1 N–H and O–H groups in total. The van der Waals surface area contributed by atoms with Crippen molar-refractivity contribution >= 4 is 51.7 Å². The molecule has 31 heavy (non-hydrogen) atoms. The van der Waals surface area contributed by atoms with Crippen molar-refractivity contribution in [3.05, 3.63) is 66.2 Å². The Hall–Kier alpha value is -2.77. The molecule has 1 aliphatic rings. The van der Waals surface area contributed by atoms with Crippen LogP contribution in [0, 0.1) is 0 Å². The summed E-state index contributed by atoms with van der Waals surface area (Å²) < 4.78 is 5.56. The second-order valence-corrected chi connectivity index (χ2v) is 8.44. The van der Waals surface area contributed by atoms with Crippen LogP contribution >= 0.6 is 23.4 Å². The first-order valence-corrected chi connectivity index (χ1v) is 11.2. The van der Waals surface area contributed by atoms with Crippen LogP contribution in [0.4, 0.5) is 11.4 Å². The fraction of sp³-hybridized carbons (Fsp3) is 0.261. The zero-order valence-corrected chi connectivity index (χ0v) is 18.8. The first-order chi connectivity index (χ1) is 15.0. The number of aliphatic imine (C=N–C) groups is 1. The Morgan fingerprint density at radius 3 is 2.65 bits per heavy atom. The van der Waals surface area contributed by atoms with Gasteiger partial charge in [0.05, 0.1) is 12.3 Å². The summed E-state index contributed by atoms with van der Waals surface area (Å²) in [5.74, 6) is 0.331. The third-order valence-corrected chi connectivity index (χ3v) is 5.83.